The van der Waals surface area contributed by atoms with Gasteiger partial charge in [0.05, 0.1) is 36.8 Å². The average Bonchev–Trinajstić information content (AvgIpc) is 3.12. The van der Waals surface area contributed by atoms with Crippen LogP contribution in [-0.4, -0.2) is 43.8 Å². The van der Waals surface area contributed by atoms with Crippen molar-refractivity contribution in [3.63, 3.8) is 0 Å². The molecular weight excluding hydrogens is 482 g/mol. The highest BCUT2D eigenvalue weighted by molar-refractivity contribution is 6.31. The van der Waals surface area contributed by atoms with E-state index >= 15 is 0 Å². The zero-order valence-electron chi connectivity index (χ0n) is 21.3. The zero-order chi connectivity index (χ0) is 26.0. The number of hydrogen-bond donors (Lipinski definition) is 0. The Morgan fingerprint density at radius 2 is 1.83 bits per heavy atom. The van der Waals surface area contributed by atoms with Crippen LogP contribution in [0.4, 0.5) is 0 Å². The predicted molar refractivity (Wildman–Crippen MR) is 139 cm³/mol. The van der Waals surface area contributed by atoms with Crippen LogP contribution in [0.1, 0.15) is 61.8 Å². The molecular formula is C28H32ClNO6. The first-order chi connectivity index (χ1) is 17.2. The van der Waals surface area contributed by atoms with Gasteiger partial charge < -0.3 is 23.5 Å². The normalized spacial score (nSPS) is 15.3. The van der Waals surface area contributed by atoms with Crippen molar-refractivity contribution in [3.8, 4) is 11.5 Å². The molecule has 4 rings (SSSR count). The summed E-state index contributed by atoms with van der Waals surface area (Å²) in [7, 11) is 1.57. The number of carbonyl (C=O) groups excluding carboxylic acids is 1. The monoisotopic (exact) mass is 513 g/mol. The van der Waals surface area contributed by atoms with Crippen molar-refractivity contribution in [1.82, 2.24) is 4.90 Å². The summed E-state index contributed by atoms with van der Waals surface area (Å²) >= 11 is 6.17. The van der Waals surface area contributed by atoms with Gasteiger partial charge in [-0.25, -0.2) is 0 Å². The molecule has 1 unspecified atom stereocenters. The summed E-state index contributed by atoms with van der Waals surface area (Å²) in [6.45, 7) is 9.50. The summed E-state index contributed by atoms with van der Waals surface area (Å²) in [6, 6.07) is 9.69. The second kappa shape index (κ2) is 10.9. The van der Waals surface area contributed by atoms with Gasteiger partial charge in [0.25, 0.3) is 5.91 Å². The minimum Gasteiger partial charge on any atom is -0.493 e. The van der Waals surface area contributed by atoms with Gasteiger partial charge in [-0.05, 0) is 62.1 Å². The van der Waals surface area contributed by atoms with E-state index in [1.807, 2.05) is 32.0 Å². The highest BCUT2D eigenvalue weighted by Crippen LogP contribution is 2.41. The third-order valence-corrected chi connectivity index (χ3v) is 6.23. The fourth-order valence-corrected chi connectivity index (χ4v) is 4.53. The molecule has 7 nitrogen and oxygen atoms in total. The Morgan fingerprint density at radius 1 is 1.06 bits per heavy atom. The van der Waals surface area contributed by atoms with Crippen LogP contribution < -0.4 is 14.9 Å². The van der Waals surface area contributed by atoms with Gasteiger partial charge in [0.1, 0.15) is 5.58 Å². The highest BCUT2D eigenvalue weighted by atomic mass is 35.5. The third kappa shape index (κ3) is 5.22. The fraction of sp³-hybridized carbons (Fsp3) is 0.429. The van der Waals surface area contributed by atoms with Crippen molar-refractivity contribution in [1.29, 1.82) is 0 Å². The van der Waals surface area contributed by atoms with E-state index in [0.717, 1.165) is 5.56 Å². The summed E-state index contributed by atoms with van der Waals surface area (Å²) in [5.74, 6) is 1.22. The number of nitrogens with zero attached hydrogens (tertiary/aromatic N) is 1. The molecule has 0 bridgehead atoms. The van der Waals surface area contributed by atoms with Crippen molar-refractivity contribution in [2.75, 3.05) is 26.9 Å². The molecule has 1 aliphatic rings. The van der Waals surface area contributed by atoms with Gasteiger partial charge in [-0.3, -0.25) is 9.59 Å². The summed E-state index contributed by atoms with van der Waals surface area (Å²) in [4.78, 5) is 28.9. The van der Waals surface area contributed by atoms with Crippen LogP contribution in [-0.2, 0) is 4.74 Å². The Kier molecular flexibility index (Phi) is 7.91. The first-order valence-electron chi connectivity index (χ1n) is 12.2. The Balaban J connectivity index is 1.80. The van der Waals surface area contributed by atoms with Gasteiger partial charge in [0, 0.05) is 18.2 Å². The first-order valence-corrected chi connectivity index (χ1v) is 12.6. The zero-order valence-corrected chi connectivity index (χ0v) is 22.1. The number of hydrogen-bond acceptors (Lipinski definition) is 6. The number of ether oxygens (including phenoxy) is 3. The largest absolute Gasteiger partial charge is 0.493 e. The maximum Gasteiger partial charge on any atom is 0.290 e. The maximum atomic E-state index is 13.7. The smallest absolute Gasteiger partial charge is 0.290 e. The molecule has 3 aromatic rings. The summed E-state index contributed by atoms with van der Waals surface area (Å²) < 4.78 is 23.2. The van der Waals surface area contributed by atoms with Crippen LogP contribution in [0, 0.1) is 5.92 Å². The van der Waals surface area contributed by atoms with Crippen LogP contribution in [0.2, 0.25) is 5.02 Å². The summed E-state index contributed by atoms with van der Waals surface area (Å²) in [5.41, 5.74) is 1.09. The molecule has 1 aliphatic heterocycles. The second-order valence-corrected chi connectivity index (χ2v) is 10.0. The number of amides is 1. The first kappa shape index (κ1) is 26.0. The van der Waals surface area contributed by atoms with Gasteiger partial charge in [0.15, 0.2) is 16.9 Å². The second-order valence-electron chi connectivity index (χ2n) is 9.60. The van der Waals surface area contributed by atoms with Gasteiger partial charge in [0.2, 0.25) is 5.76 Å². The van der Waals surface area contributed by atoms with E-state index in [4.69, 9.17) is 30.2 Å². The molecule has 0 N–H and O–H groups in total. The lowest BCUT2D eigenvalue weighted by atomic mass is 9.98. The molecule has 0 fully saturated rings. The molecule has 0 radical (unpaired) electrons. The van der Waals surface area contributed by atoms with Gasteiger partial charge >= 0.3 is 0 Å². The van der Waals surface area contributed by atoms with Crippen molar-refractivity contribution >= 4 is 28.5 Å². The van der Waals surface area contributed by atoms with E-state index < -0.39 is 6.04 Å². The quantitative estimate of drug-likeness (QED) is 0.316. The molecule has 1 aromatic heterocycles. The lowest BCUT2D eigenvalue weighted by molar-refractivity contribution is 0.0593. The topological polar surface area (TPSA) is 78.2 Å². The minimum absolute atomic E-state index is 0.0590. The van der Waals surface area contributed by atoms with Gasteiger partial charge in [-0.1, -0.05) is 31.5 Å². The van der Waals surface area contributed by atoms with Crippen LogP contribution in [0.25, 0.3) is 11.0 Å². The number of benzene rings is 2. The number of rotatable bonds is 10. The number of carbonyl (C=O) groups is 1. The van der Waals surface area contributed by atoms with Crippen LogP contribution >= 0.6 is 11.6 Å². The Bertz CT molecular complexity index is 1320. The molecule has 8 heteroatoms. The van der Waals surface area contributed by atoms with Crippen molar-refractivity contribution in [2.45, 2.75) is 46.3 Å². The molecule has 2 aromatic carbocycles. The van der Waals surface area contributed by atoms with Crippen LogP contribution in [0.5, 0.6) is 11.5 Å². The van der Waals surface area contributed by atoms with E-state index in [1.54, 1.807) is 30.2 Å². The van der Waals surface area contributed by atoms with Crippen molar-refractivity contribution < 1.29 is 23.4 Å². The summed E-state index contributed by atoms with van der Waals surface area (Å²) in [6.07, 6.45) is 0.703. The fourth-order valence-electron chi connectivity index (χ4n) is 4.35. The van der Waals surface area contributed by atoms with E-state index in [2.05, 4.69) is 13.8 Å². The molecule has 0 saturated carbocycles. The van der Waals surface area contributed by atoms with E-state index in [1.165, 1.54) is 0 Å². The van der Waals surface area contributed by atoms with E-state index in [-0.39, 0.29) is 23.2 Å². The number of halogens is 1. The van der Waals surface area contributed by atoms with E-state index in [0.29, 0.717) is 65.2 Å². The van der Waals surface area contributed by atoms with Crippen LogP contribution in [0.15, 0.2) is 45.6 Å². The molecule has 192 valence electrons. The predicted octanol–water partition coefficient (Wildman–Crippen LogP) is 5.85. The average molecular weight is 514 g/mol. The molecule has 0 aliphatic carbocycles. The molecule has 1 atom stereocenters. The van der Waals surface area contributed by atoms with Crippen molar-refractivity contribution in [2.24, 2.45) is 5.92 Å². The van der Waals surface area contributed by atoms with E-state index in [9.17, 15) is 9.59 Å². The lowest BCUT2D eigenvalue weighted by Crippen LogP contribution is -2.31. The van der Waals surface area contributed by atoms with Gasteiger partial charge in [-0.2, -0.15) is 0 Å². The minimum atomic E-state index is -0.640. The molecule has 36 heavy (non-hydrogen) atoms. The maximum absolute atomic E-state index is 13.7. The standard InChI is InChI=1S/C28H32ClNO6/c1-16(2)15-35-22-9-7-18(13-23(22)33-5)25-24-26(31)20-14-19(29)8-10-21(20)36-27(24)28(32)30(25)11-6-12-34-17(3)4/h7-10,13-14,16-17,25H,6,11-12,15H2,1-5H3. The Morgan fingerprint density at radius 3 is 2.53 bits per heavy atom. The highest BCUT2D eigenvalue weighted by Gasteiger charge is 2.42. The number of methoxy groups -OCH3 is 1. The van der Waals surface area contributed by atoms with Crippen LogP contribution in [0.3, 0.4) is 0 Å². The molecule has 1 amide bonds. The van der Waals surface area contributed by atoms with Crippen molar-refractivity contribution in [3.05, 3.63) is 68.5 Å². The molecule has 2 heterocycles. The van der Waals surface area contributed by atoms with Gasteiger partial charge in [-0.15, -0.1) is 0 Å². The Labute approximate surface area is 215 Å². The Hall–Kier alpha value is -3.03. The SMILES string of the molecule is COc1cc(C2c3c(oc4ccc(Cl)cc4c3=O)C(=O)N2CCCOC(C)C)ccc1OCC(C)C. The number of fused-ring (bicyclic) bond motifs is 2. The molecule has 0 saturated heterocycles. The third-order valence-electron chi connectivity index (χ3n) is 6.00. The molecule has 0 spiro atoms. The summed E-state index contributed by atoms with van der Waals surface area (Å²) in [5, 5.41) is 0.763. The lowest BCUT2D eigenvalue weighted by Gasteiger charge is -2.26.